The number of nitrogens with zero attached hydrogens (tertiary/aromatic N) is 1. The van der Waals surface area contributed by atoms with Crippen LogP contribution in [0.1, 0.15) is 44.7 Å². The second-order valence-corrected chi connectivity index (χ2v) is 8.20. The molecule has 1 atom stereocenters. The van der Waals surface area contributed by atoms with Gasteiger partial charge in [-0.2, -0.15) is 0 Å². The summed E-state index contributed by atoms with van der Waals surface area (Å²) in [5, 5.41) is 4.61. The molecule has 0 bridgehead atoms. The van der Waals surface area contributed by atoms with E-state index in [1.807, 2.05) is 20.8 Å². The summed E-state index contributed by atoms with van der Waals surface area (Å²) < 4.78 is 6.75. The van der Waals surface area contributed by atoms with E-state index in [2.05, 4.69) is 29.4 Å². The van der Waals surface area contributed by atoms with Crippen molar-refractivity contribution >= 4 is 33.2 Å². The van der Waals surface area contributed by atoms with E-state index in [1.165, 1.54) is 15.3 Å². The normalized spacial score (nSPS) is 18.2. The Balaban J connectivity index is 1.79. The van der Waals surface area contributed by atoms with Crippen molar-refractivity contribution in [3.63, 3.8) is 0 Å². The molecule has 0 aliphatic carbocycles. The van der Waals surface area contributed by atoms with E-state index in [9.17, 15) is 4.79 Å². The number of carbonyl (C=O) groups excluding carboxylic acids is 1. The van der Waals surface area contributed by atoms with Gasteiger partial charge in [0.1, 0.15) is 5.60 Å². The van der Waals surface area contributed by atoms with Crippen molar-refractivity contribution in [2.45, 2.75) is 52.6 Å². The van der Waals surface area contributed by atoms with Crippen molar-refractivity contribution < 1.29 is 9.53 Å². The Kier molecular flexibility index (Phi) is 4.32. The maximum absolute atomic E-state index is 12.3. The van der Waals surface area contributed by atoms with Gasteiger partial charge in [0.15, 0.2) is 0 Å². The molecule has 0 saturated carbocycles. The molecule has 124 valence electrons. The first kappa shape index (κ1) is 16.2. The highest BCUT2D eigenvalue weighted by Gasteiger charge is 2.27. The quantitative estimate of drug-likeness (QED) is 0.839. The second kappa shape index (κ2) is 6.11. The van der Waals surface area contributed by atoms with Gasteiger partial charge in [-0.05, 0) is 57.7 Å². The Bertz CT molecular complexity index is 685. The number of benzene rings is 1. The van der Waals surface area contributed by atoms with Gasteiger partial charge in [-0.3, -0.25) is 4.79 Å². The number of ether oxygens (including phenoxy) is 1. The summed E-state index contributed by atoms with van der Waals surface area (Å²) in [5.41, 5.74) is 3.02. The third kappa shape index (κ3) is 3.66. The fourth-order valence-corrected chi connectivity index (χ4v) is 3.77. The second-order valence-electron chi connectivity index (χ2n) is 7.09. The van der Waals surface area contributed by atoms with Crippen LogP contribution in [0.25, 0.3) is 10.2 Å². The van der Waals surface area contributed by atoms with Crippen LogP contribution in [0.15, 0.2) is 12.1 Å². The molecule has 23 heavy (non-hydrogen) atoms. The maximum Gasteiger partial charge on any atom is 0.311 e. The van der Waals surface area contributed by atoms with Gasteiger partial charge in [0.2, 0.25) is 0 Å². The summed E-state index contributed by atoms with van der Waals surface area (Å²) >= 11 is 1.75. The third-order valence-electron chi connectivity index (χ3n) is 4.00. The molecule has 1 aromatic carbocycles. The Labute approximate surface area is 141 Å². The molecule has 1 N–H and O–H groups in total. The van der Waals surface area contributed by atoms with Crippen molar-refractivity contribution in [1.29, 1.82) is 0 Å². The lowest BCUT2D eigenvalue weighted by atomic mass is 10.0. The minimum absolute atomic E-state index is 0.0983. The molecule has 0 radical (unpaired) electrons. The van der Waals surface area contributed by atoms with Crippen LogP contribution in [-0.2, 0) is 22.4 Å². The van der Waals surface area contributed by atoms with E-state index < -0.39 is 5.60 Å². The number of esters is 1. The molecule has 0 saturated heterocycles. The Hall–Kier alpha value is -1.62. The van der Waals surface area contributed by atoms with Crippen LogP contribution in [0.4, 0.5) is 5.69 Å². The first-order valence-electron chi connectivity index (χ1n) is 8.25. The van der Waals surface area contributed by atoms with Crippen LogP contribution in [0.5, 0.6) is 0 Å². The number of thiazole rings is 1. The van der Waals surface area contributed by atoms with Crippen molar-refractivity contribution in [3.8, 4) is 0 Å². The highest BCUT2D eigenvalue weighted by atomic mass is 32.1. The first-order valence-corrected chi connectivity index (χ1v) is 9.06. The molecule has 3 rings (SSSR count). The predicted octanol–water partition coefficient (Wildman–Crippen LogP) is 4.17. The molecule has 1 aliphatic rings. The molecule has 0 spiro atoms. The lowest BCUT2D eigenvalue weighted by Crippen LogP contribution is -2.31. The molecule has 2 heterocycles. The standard InChI is InChI=1S/C18H24N2O2S/c1-5-16-20-14-8-11-6-7-12(17(21)22-18(2,3)4)10-19-13(11)9-15(14)23-16/h8-9,12,19H,5-7,10H2,1-4H3. The monoisotopic (exact) mass is 332 g/mol. The van der Waals surface area contributed by atoms with Crippen molar-refractivity contribution in [2.75, 3.05) is 11.9 Å². The predicted molar refractivity (Wildman–Crippen MR) is 95.1 cm³/mol. The molecule has 1 aromatic heterocycles. The molecule has 1 aliphatic heterocycles. The molecule has 0 amide bonds. The van der Waals surface area contributed by atoms with Crippen LogP contribution in [0.2, 0.25) is 0 Å². The number of anilines is 1. The minimum atomic E-state index is -0.431. The Morgan fingerprint density at radius 2 is 2.22 bits per heavy atom. The summed E-state index contributed by atoms with van der Waals surface area (Å²) in [6.07, 6.45) is 2.66. The van der Waals surface area contributed by atoms with Gasteiger partial charge in [0.05, 0.1) is 21.1 Å². The van der Waals surface area contributed by atoms with Crippen molar-refractivity contribution in [3.05, 3.63) is 22.7 Å². The number of nitrogens with one attached hydrogen (secondary N) is 1. The van der Waals surface area contributed by atoms with E-state index in [4.69, 9.17) is 4.74 Å². The van der Waals surface area contributed by atoms with Crippen molar-refractivity contribution in [2.24, 2.45) is 5.92 Å². The van der Waals surface area contributed by atoms with E-state index in [-0.39, 0.29) is 11.9 Å². The van der Waals surface area contributed by atoms with Gasteiger partial charge in [-0.15, -0.1) is 11.3 Å². The van der Waals surface area contributed by atoms with Crippen molar-refractivity contribution in [1.82, 2.24) is 4.98 Å². The molecular weight excluding hydrogens is 308 g/mol. The number of aromatic nitrogens is 1. The molecule has 4 nitrogen and oxygen atoms in total. The molecule has 2 aromatic rings. The summed E-state index contributed by atoms with van der Waals surface area (Å²) in [4.78, 5) is 17.0. The van der Waals surface area contributed by atoms with E-state index in [0.717, 1.165) is 30.5 Å². The third-order valence-corrected chi connectivity index (χ3v) is 5.16. The average Bonchev–Trinajstić information content (AvgIpc) is 2.74. The zero-order valence-electron chi connectivity index (χ0n) is 14.2. The lowest BCUT2D eigenvalue weighted by Gasteiger charge is -2.23. The Morgan fingerprint density at radius 1 is 1.43 bits per heavy atom. The minimum Gasteiger partial charge on any atom is -0.460 e. The number of hydrogen-bond acceptors (Lipinski definition) is 5. The van der Waals surface area contributed by atoms with Crippen LogP contribution in [0.3, 0.4) is 0 Å². The van der Waals surface area contributed by atoms with E-state index in [0.29, 0.717) is 6.54 Å². The highest BCUT2D eigenvalue weighted by Crippen LogP contribution is 2.32. The number of fused-ring (bicyclic) bond motifs is 2. The summed E-state index contributed by atoms with van der Waals surface area (Å²) in [7, 11) is 0. The summed E-state index contributed by atoms with van der Waals surface area (Å²) in [6.45, 7) is 8.50. The maximum atomic E-state index is 12.3. The SMILES string of the molecule is CCc1nc2cc3c(cc2s1)NCC(C(=O)OC(C)(C)C)CC3. The Morgan fingerprint density at radius 3 is 2.91 bits per heavy atom. The van der Waals surface area contributed by atoms with Crippen LogP contribution in [-0.4, -0.2) is 23.1 Å². The van der Waals surface area contributed by atoms with E-state index >= 15 is 0 Å². The van der Waals surface area contributed by atoms with Crippen LogP contribution < -0.4 is 5.32 Å². The molecular formula is C18H24N2O2S. The smallest absolute Gasteiger partial charge is 0.311 e. The molecule has 0 fully saturated rings. The molecule has 5 heteroatoms. The average molecular weight is 332 g/mol. The molecule has 1 unspecified atom stereocenters. The van der Waals surface area contributed by atoms with Gasteiger partial charge < -0.3 is 10.1 Å². The number of carbonyl (C=O) groups is 1. The lowest BCUT2D eigenvalue weighted by molar-refractivity contribution is -0.159. The van der Waals surface area contributed by atoms with Gasteiger partial charge in [-0.25, -0.2) is 4.98 Å². The van der Waals surface area contributed by atoms with Gasteiger partial charge in [0, 0.05) is 12.2 Å². The van der Waals surface area contributed by atoms with Gasteiger partial charge >= 0.3 is 5.97 Å². The van der Waals surface area contributed by atoms with Gasteiger partial charge in [-0.1, -0.05) is 6.92 Å². The summed E-state index contributed by atoms with van der Waals surface area (Å²) in [5.74, 6) is -0.204. The topological polar surface area (TPSA) is 51.2 Å². The van der Waals surface area contributed by atoms with Crippen LogP contribution in [0, 0.1) is 5.92 Å². The van der Waals surface area contributed by atoms with Gasteiger partial charge in [0.25, 0.3) is 0 Å². The van der Waals surface area contributed by atoms with Crippen LogP contribution >= 0.6 is 11.3 Å². The largest absolute Gasteiger partial charge is 0.460 e. The zero-order valence-corrected chi connectivity index (χ0v) is 15.0. The fraction of sp³-hybridized carbons (Fsp3) is 0.556. The number of rotatable bonds is 2. The highest BCUT2D eigenvalue weighted by molar-refractivity contribution is 7.18. The summed E-state index contributed by atoms with van der Waals surface area (Å²) in [6, 6.07) is 4.35. The van der Waals surface area contributed by atoms with E-state index in [1.54, 1.807) is 11.3 Å². The number of hydrogen-bond donors (Lipinski definition) is 1. The zero-order chi connectivity index (χ0) is 16.6. The fourth-order valence-electron chi connectivity index (χ4n) is 2.84. The first-order chi connectivity index (χ1) is 10.9. The number of aryl methyl sites for hydroxylation is 2.